The zero-order valence-electron chi connectivity index (χ0n) is 10.9. The molecule has 1 heterocycles. The van der Waals surface area contributed by atoms with E-state index in [2.05, 4.69) is 4.98 Å². The molecule has 2 aromatic rings. The Hall–Kier alpha value is -1.74. The highest BCUT2D eigenvalue weighted by atomic mass is 19.1. The Morgan fingerprint density at radius 2 is 1.89 bits per heavy atom. The Morgan fingerprint density at radius 1 is 1.17 bits per heavy atom. The van der Waals surface area contributed by atoms with Gasteiger partial charge < -0.3 is 5.73 Å². The van der Waals surface area contributed by atoms with E-state index in [1.165, 1.54) is 6.07 Å². The molecule has 0 bridgehead atoms. The van der Waals surface area contributed by atoms with E-state index < -0.39 is 6.04 Å². The van der Waals surface area contributed by atoms with Crippen molar-refractivity contribution in [3.05, 3.63) is 64.2 Å². The molecule has 1 aromatic carbocycles. The number of hydrogen-bond acceptors (Lipinski definition) is 2. The summed E-state index contributed by atoms with van der Waals surface area (Å²) in [7, 11) is 0. The first-order valence-electron chi connectivity index (χ1n) is 5.93. The van der Waals surface area contributed by atoms with Gasteiger partial charge in [-0.2, -0.15) is 0 Å². The fourth-order valence-electron chi connectivity index (χ4n) is 2.31. The van der Waals surface area contributed by atoms with E-state index in [1.807, 2.05) is 32.9 Å². The molecule has 0 aliphatic rings. The van der Waals surface area contributed by atoms with Crippen LogP contribution in [0.2, 0.25) is 0 Å². The van der Waals surface area contributed by atoms with Gasteiger partial charge in [0.25, 0.3) is 0 Å². The fourth-order valence-corrected chi connectivity index (χ4v) is 2.31. The summed E-state index contributed by atoms with van der Waals surface area (Å²) in [4.78, 5) is 4.03. The van der Waals surface area contributed by atoms with E-state index >= 15 is 0 Å². The summed E-state index contributed by atoms with van der Waals surface area (Å²) in [5.41, 5.74) is 10.4. The van der Waals surface area contributed by atoms with E-state index in [1.54, 1.807) is 12.4 Å². The van der Waals surface area contributed by atoms with E-state index in [9.17, 15) is 4.39 Å². The quantitative estimate of drug-likeness (QED) is 0.881. The highest BCUT2D eigenvalue weighted by molar-refractivity contribution is 5.41. The summed E-state index contributed by atoms with van der Waals surface area (Å²) in [6.45, 7) is 5.70. The highest BCUT2D eigenvalue weighted by Gasteiger charge is 2.18. The molecule has 18 heavy (non-hydrogen) atoms. The molecule has 0 saturated heterocycles. The average molecular weight is 244 g/mol. The zero-order chi connectivity index (χ0) is 13.3. The Bertz CT molecular complexity index is 555. The molecule has 3 heteroatoms. The third-order valence-corrected chi connectivity index (χ3v) is 3.19. The molecule has 1 atom stereocenters. The monoisotopic (exact) mass is 244 g/mol. The molecular formula is C15H17FN2. The van der Waals surface area contributed by atoms with Crippen LogP contribution in [0.5, 0.6) is 0 Å². The Labute approximate surface area is 107 Å². The van der Waals surface area contributed by atoms with Crippen molar-refractivity contribution < 1.29 is 4.39 Å². The normalized spacial score (nSPS) is 12.5. The molecule has 1 unspecified atom stereocenters. The van der Waals surface area contributed by atoms with Gasteiger partial charge in [-0.3, -0.25) is 4.98 Å². The summed E-state index contributed by atoms with van der Waals surface area (Å²) in [5, 5.41) is 0. The number of benzene rings is 1. The van der Waals surface area contributed by atoms with E-state index in [0.29, 0.717) is 5.56 Å². The topological polar surface area (TPSA) is 38.9 Å². The van der Waals surface area contributed by atoms with Crippen molar-refractivity contribution in [1.82, 2.24) is 4.98 Å². The van der Waals surface area contributed by atoms with Gasteiger partial charge in [-0.1, -0.05) is 6.07 Å². The van der Waals surface area contributed by atoms with Crippen molar-refractivity contribution in [2.24, 2.45) is 5.73 Å². The molecule has 0 aliphatic heterocycles. The summed E-state index contributed by atoms with van der Waals surface area (Å²) >= 11 is 0. The molecule has 2 rings (SSSR count). The summed E-state index contributed by atoms with van der Waals surface area (Å²) < 4.78 is 14.1. The minimum Gasteiger partial charge on any atom is -0.320 e. The standard InChI is InChI=1S/C15H17FN2/c1-9-6-10(2)14(13(16)7-9)15(17)12-4-5-18-8-11(12)3/h4-8,15H,17H2,1-3H3. The van der Waals surface area contributed by atoms with Crippen molar-refractivity contribution in [3.8, 4) is 0 Å². The zero-order valence-corrected chi connectivity index (χ0v) is 10.9. The molecule has 0 fully saturated rings. The summed E-state index contributed by atoms with van der Waals surface area (Å²) in [5.74, 6) is -0.240. The Kier molecular flexibility index (Phi) is 3.43. The van der Waals surface area contributed by atoms with Gasteiger partial charge >= 0.3 is 0 Å². The van der Waals surface area contributed by atoms with E-state index in [-0.39, 0.29) is 5.82 Å². The molecule has 0 amide bonds. The molecule has 0 spiro atoms. The number of aryl methyl sites for hydroxylation is 3. The first-order chi connectivity index (χ1) is 8.50. The third-order valence-electron chi connectivity index (χ3n) is 3.19. The van der Waals surface area contributed by atoms with Crippen LogP contribution in [0.25, 0.3) is 0 Å². The maximum Gasteiger partial charge on any atom is 0.128 e. The fraction of sp³-hybridized carbons (Fsp3) is 0.267. The lowest BCUT2D eigenvalue weighted by atomic mass is 9.92. The van der Waals surface area contributed by atoms with Gasteiger partial charge in [0, 0.05) is 18.0 Å². The third kappa shape index (κ3) is 2.27. The van der Waals surface area contributed by atoms with Crippen molar-refractivity contribution in [2.45, 2.75) is 26.8 Å². The molecule has 0 saturated carbocycles. The van der Waals surface area contributed by atoms with Crippen LogP contribution in [-0.4, -0.2) is 4.98 Å². The second kappa shape index (κ2) is 4.86. The van der Waals surface area contributed by atoms with Crippen LogP contribution in [-0.2, 0) is 0 Å². The summed E-state index contributed by atoms with van der Waals surface area (Å²) in [6.07, 6.45) is 3.43. The first-order valence-corrected chi connectivity index (χ1v) is 5.93. The SMILES string of the molecule is Cc1cc(C)c(C(N)c2ccncc2C)c(F)c1. The second-order valence-electron chi connectivity index (χ2n) is 4.69. The Morgan fingerprint density at radius 3 is 2.50 bits per heavy atom. The largest absolute Gasteiger partial charge is 0.320 e. The van der Waals surface area contributed by atoms with Crippen LogP contribution >= 0.6 is 0 Å². The lowest BCUT2D eigenvalue weighted by Crippen LogP contribution is -2.16. The summed E-state index contributed by atoms with van der Waals surface area (Å²) in [6, 6.07) is 4.88. The molecule has 0 aliphatic carbocycles. The smallest absolute Gasteiger partial charge is 0.128 e. The number of halogens is 1. The maximum atomic E-state index is 14.1. The van der Waals surface area contributed by atoms with Gasteiger partial charge in [0.1, 0.15) is 5.82 Å². The molecule has 0 radical (unpaired) electrons. The molecule has 2 nitrogen and oxygen atoms in total. The van der Waals surface area contributed by atoms with E-state index in [0.717, 1.165) is 22.3 Å². The number of hydrogen-bond donors (Lipinski definition) is 1. The van der Waals surface area contributed by atoms with E-state index in [4.69, 9.17) is 5.73 Å². The van der Waals surface area contributed by atoms with Gasteiger partial charge in [0.2, 0.25) is 0 Å². The lowest BCUT2D eigenvalue weighted by molar-refractivity contribution is 0.595. The number of pyridine rings is 1. The molecular weight excluding hydrogens is 227 g/mol. The molecule has 1 aromatic heterocycles. The van der Waals surface area contributed by atoms with Crippen LogP contribution in [0.3, 0.4) is 0 Å². The number of aromatic nitrogens is 1. The van der Waals surface area contributed by atoms with Crippen molar-refractivity contribution >= 4 is 0 Å². The maximum absolute atomic E-state index is 14.1. The van der Waals surface area contributed by atoms with Gasteiger partial charge in [0.15, 0.2) is 0 Å². The number of nitrogens with zero attached hydrogens (tertiary/aromatic N) is 1. The van der Waals surface area contributed by atoms with Crippen LogP contribution in [0.15, 0.2) is 30.6 Å². The van der Waals surface area contributed by atoms with Gasteiger partial charge in [-0.25, -0.2) is 4.39 Å². The highest BCUT2D eigenvalue weighted by Crippen LogP contribution is 2.27. The van der Waals surface area contributed by atoms with Crippen molar-refractivity contribution in [1.29, 1.82) is 0 Å². The van der Waals surface area contributed by atoms with Crippen LogP contribution in [0, 0.1) is 26.6 Å². The number of rotatable bonds is 2. The van der Waals surface area contributed by atoms with Gasteiger partial charge in [0.05, 0.1) is 6.04 Å². The average Bonchev–Trinajstić information content (AvgIpc) is 2.27. The molecule has 2 N–H and O–H groups in total. The molecule has 94 valence electrons. The minimum atomic E-state index is -0.450. The van der Waals surface area contributed by atoms with Crippen LogP contribution < -0.4 is 5.73 Å². The van der Waals surface area contributed by atoms with Crippen LogP contribution in [0.4, 0.5) is 4.39 Å². The van der Waals surface area contributed by atoms with Gasteiger partial charge in [-0.15, -0.1) is 0 Å². The predicted octanol–water partition coefficient (Wildman–Crippen LogP) is 3.19. The Balaban J connectivity index is 2.53. The van der Waals surface area contributed by atoms with Gasteiger partial charge in [-0.05, 0) is 55.2 Å². The lowest BCUT2D eigenvalue weighted by Gasteiger charge is -2.18. The second-order valence-corrected chi connectivity index (χ2v) is 4.69. The number of nitrogens with two attached hydrogens (primary N) is 1. The first kappa shape index (κ1) is 12.7. The predicted molar refractivity (Wildman–Crippen MR) is 70.9 cm³/mol. The van der Waals surface area contributed by atoms with Crippen molar-refractivity contribution in [3.63, 3.8) is 0 Å². The van der Waals surface area contributed by atoms with Crippen molar-refractivity contribution in [2.75, 3.05) is 0 Å². The minimum absolute atomic E-state index is 0.240. The van der Waals surface area contributed by atoms with Crippen LogP contribution in [0.1, 0.15) is 33.9 Å².